The molecule has 0 atom stereocenters. The molecule has 1 aromatic heterocycles. The van der Waals surface area contributed by atoms with Crippen LogP contribution < -0.4 is 4.90 Å². The van der Waals surface area contributed by atoms with Gasteiger partial charge in [0.15, 0.2) is 0 Å². The molecule has 1 aliphatic carbocycles. The van der Waals surface area contributed by atoms with Crippen LogP contribution in [0.25, 0.3) is 21.6 Å². The fourth-order valence-corrected chi connectivity index (χ4v) is 5.22. The first-order valence-electron chi connectivity index (χ1n) is 9.34. The van der Waals surface area contributed by atoms with E-state index in [0.717, 1.165) is 30.8 Å². The minimum Gasteiger partial charge on any atom is -0.370 e. The third kappa shape index (κ3) is 2.37. The van der Waals surface area contributed by atoms with Gasteiger partial charge in [0.1, 0.15) is 6.07 Å². The Morgan fingerprint density at radius 1 is 0.962 bits per heavy atom. The summed E-state index contributed by atoms with van der Waals surface area (Å²) >= 11 is 1.79. The van der Waals surface area contributed by atoms with E-state index in [2.05, 4.69) is 58.8 Å². The van der Waals surface area contributed by atoms with Gasteiger partial charge in [0, 0.05) is 23.5 Å². The van der Waals surface area contributed by atoms with E-state index in [1.807, 2.05) is 0 Å². The van der Waals surface area contributed by atoms with Gasteiger partial charge in [0.25, 0.3) is 0 Å². The van der Waals surface area contributed by atoms with Crippen LogP contribution in [0, 0.1) is 11.3 Å². The molecule has 0 saturated carbocycles. The number of benzene rings is 2. The summed E-state index contributed by atoms with van der Waals surface area (Å²) < 4.78 is 0. The number of fused-ring (bicyclic) bond motifs is 3. The Labute approximate surface area is 158 Å². The molecule has 0 amide bonds. The molecule has 0 N–H and O–H groups in total. The molecule has 0 spiro atoms. The summed E-state index contributed by atoms with van der Waals surface area (Å²) in [6, 6.07) is 17.8. The highest BCUT2D eigenvalue weighted by Crippen LogP contribution is 2.48. The molecule has 2 nitrogen and oxygen atoms in total. The second-order valence-corrected chi connectivity index (χ2v) is 8.09. The van der Waals surface area contributed by atoms with E-state index in [9.17, 15) is 5.26 Å². The fraction of sp³-hybridized carbons (Fsp3) is 0.261. The summed E-state index contributed by atoms with van der Waals surface area (Å²) in [4.78, 5) is 3.73. The molecular weight excluding hydrogens is 336 g/mol. The van der Waals surface area contributed by atoms with Crippen molar-refractivity contribution < 1.29 is 0 Å². The van der Waals surface area contributed by atoms with Crippen molar-refractivity contribution in [2.45, 2.75) is 25.7 Å². The first-order chi connectivity index (χ1) is 12.9. The number of hydrogen-bond donors (Lipinski definition) is 0. The smallest absolute Gasteiger partial charge is 0.102 e. The van der Waals surface area contributed by atoms with E-state index < -0.39 is 0 Å². The SMILES string of the molecule is N#Cc1c(N2CCCCC2)cc(-c2cccs2)c2c1-c1ccccc1C2. The zero-order chi connectivity index (χ0) is 17.5. The van der Waals surface area contributed by atoms with Crippen molar-refractivity contribution in [2.24, 2.45) is 0 Å². The molecule has 0 unspecified atom stereocenters. The van der Waals surface area contributed by atoms with Crippen molar-refractivity contribution in [1.82, 2.24) is 0 Å². The Hall–Kier alpha value is -2.57. The average Bonchev–Trinajstić information content (AvgIpc) is 3.35. The maximum atomic E-state index is 10.1. The quantitative estimate of drug-likeness (QED) is 0.450. The minimum atomic E-state index is 0.868. The standard InChI is InChI=1S/C23H20N2S/c24-15-20-21(25-10-4-1-5-11-25)14-18(22-9-6-12-26-22)19-13-16-7-2-3-8-17(16)23(19)20/h2-3,6-9,12,14H,1,4-5,10-11,13H2. The van der Waals surface area contributed by atoms with Gasteiger partial charge in [0.2, 0.25) is 0 Å². The second-order valence-electron chi connectivity index (χ2n) is 7.14. The molecule has 1 fully saturated rings. The lowest BCUT2D eigenvalue weighted by Gasteiger charge is -2.31. The van der Waals surface area contributed by atoms with E-state index >= 15 is 0 Å². The number of hydrogen-bond acceptors (Lipinski definition) is 3. The Bertz CT molecular complexity index is 1010. The predicted molar refractivity (Wildman–Crippen MR) is 109 cm³/mol. The largest absolute Gasteiger partial charge is 0.370 e. The number of rotatable bonds is 2. The van der Waals surface area contributed by atoms with Crippen molar-refractivity contribution in [3.8, 4) is 27.6 Å². The maximum absolute atomic E-state index is 10.1. The van der Waals surface area contributed by atoms with E-state index in [1.54, 1.807) is 11.3 Å². The molecule has 3 aromatic rings. The molecule has 1 saturated heterocycles. The summed E-state index contributed by atoms with van der Waals surface area (Å²) in [7, 11) is 0. The Balaban J connectivity index is 1.80. The Morgan fingerprint density at radius 2 is 1.81 bits per heavy atom. The van der Waals surface area contributed by atoms with E-state index in [1.165, 1.54) is 52.0 Å². The lowest BCUT2D eigenvalue weighted by molar-refractivity contribution is 0.577. The first-order valence-corrected chi connectivity index (χ1v) is 10.2. The van der Waals surface area contributed by atoms with Gasteiger partial charge in [-0.2, -0.15) is 5.26 Å². The molecule has 0 radical (unpaired) electrons. The molecular formula is C23H20N2S. The van der Waals surface area contributed by atoms with Crippen LogP contribution in [0.15, 0.2) is 47.8 Å². The van der Waals surface area contributed by atoms with Crippen molar-refractivity contribution in [3.05, 3.63) is 64.5 Å². The van der Waals surface area contributed by atoms with Crippen LogP contribution in [0.2, 0.25) is 0 Å². The highest BCUT2D eigenvalue weighted by molar-refractivity contribution is 7.13. The normalized spacial score (nSPS) is 15.4. The van der Waals surface area contributed by atoms with Crippen molar-refractivity contribution in [2.75, 3.05) is 18.0 Å². The number of piperidine rings is 1. The highest BCUT2D eigenvalue weighted by atomic mass is 32.1. The van der Waals surface area contributed by atoms with Crippen LogP contribution in [0.1, 0.15) is 36.0 Å². The van der Waals surface area contributed by atoms with E-state index in [-0.39, 0.29) is 0 Å². The van der Waals surface area contributed by atoms with Gasteiger partial charge in [-0.15, -0.1) is 11.3 Å². The number of thiophene rings is 1. The summed E-state index contributed by atoms with van der Waals surface area (Å²) in [6.07, 6.45) is 4.65. The van der Waals surface area contributed by atoms with Crippen molar-refractivity contribution in [3.63, 3.8) is 0 Å². The summed E-state index contributed by atoms with van der Waals surface area (Å²) in [6.45, 7) is 2.11. The van der Waals surface area contributed by atoms with Gasteiger partial charge in [-0.25, -0.2) is 0 Å². The third-order valence-corrected chi connectivity index (χ3v) is 6.57. The van der Waals surface area contributed by atoms with Crippen molar-refractivity contribution in [1.29, 1.82) is 5.26 Å². The zero-order valence-corrected chi connectivity index (χ0v) is 15.5. The fourth-order valence-electron chi connectivity index (χ4n) is 4.45. The van der Waals surface area contributed by atoms with E-state index in [4.69, 9.17) is 0 Å². The molecule has 2 heterocycles. The van der Waals surface area contributed by atoms with Crippen LogP contribution in [0.3, 0.4) is 0 Å². The van der Waals surface area contributed by atoms with Gasteiger partial charge in [-0.1, -0.05) is 30.3 Å². The molecule has 26 heavy (non-hydrogen) atoms. The van der Waals surface area contributed by atoms with Crippen LogP contribution in [0.4, 0.5) is 5.69 Å². The molecule has 0 bridgehead atoms. The van der Waals surface area contributed by atoms with Gasteiger partial charge < -0.3 is 4.90 Å². The summed E-state index contributed by atoms with van der Waals surface area (Å²) in [5.41, 5.74) is 8.40. The van der Waals surface area contributed by atoms with Crippen LogP contribution >= 0.6 is 11.3 Å². The van der Waals surface area contributed by atoms with Gasteiger partial charge >= 0.3 is 0 Å². The van der Waals surface area contributed by atoms with Crippen molar-refractivity contribution >= 4 is 17.0 Å². The third-order valence-electron chi connectivity index (χ3n) is 5.66. The van der Waals surface area contributed by atoms with Gasteiger partial charge in [-0.05, 0) is 65.4 Å². The van der Waals surface area contributed by atoms with Crippen LogP contribution in [0.5, 0.6) is 0 Å². The lowest BCUT2D eigenvalue weighted by Crippen LogP contribution is -2.30. The Morgan fingerprint density at radius 3 is 2.58 bits per heavy atom. The van der Waals surface area contributed by atoms with Gasteiger partial charge in [0.05, 0.1) is 11.3 Å². The van der Waals surface area contributed by atoms with E-state index in [0.29, 0.717) is 0 Å². The topological polar surface area (TPSA) is 27.0 Å². The minimum absolute atomic E-state index is 0.868. The summed E-state index contributed by atoms with van der Waals surface area (Å²) in [5, 5.41) is 12.2. The molecule has 2 aliphatic rings. The summed E-state index contributed by atoms with van der Waals surface area (Å²) in [5.74, 6) is 0. The number of anilines is 1. The predicted octanol–water partition coefficient (Wildman–Crippen LogP) is 5.85. The maximum Gasteiger partial charge on any atom is 0.102 e. The molecule has 3 heteroatoms. The van der Waals surface area contributed by atoms with Crippen LogP contribution in [-0.2, 0) is 6.42 Å². The molecule has 1 aliphatic heterocycles. The number of nitriles is 1. The Kier molecular flexibility index (Phi) is 3.80. The molecule has 5 rings (SSSR count). The first kappa shape index (κ1) is 15.7. The monoisotopic (exact) mass is 356 g/mol. The zero-order valence-electron chi connectivity index (χ0n) is 14.7. The number of nitrogens with zero attached hydrogens (tertiary/aromatic N) is 2. The second kappa shape index (κ2) is 6.30. The highest BCUT2D eigenvalue weighted by Gasteiger charge is 2.29. The molecule has 2 aromatic carbocycles. The average molecular weight is 356 g/mol. The van der Waals surface area contributed by atoms with Gasteiger partial charge in [-0.3, -0.25) is 0 Å². The molecule has 128 valence electrons. The van der Waals surface area contributed by atoms with Crippen LogP contribution in [-0.4, -0.2) is 13.1 Å². The lowest BCUT2D eigenvalue weighted by atomic mass is 9.92.